The van der Waals surface area contributed by atoms with Crippen molar-refractivity contribution in [2.24, 2.45) is 5.73 Å². The Hall–Kier alpha value is -2.76. The third kappa shape index (κ3) is 3.27. The number of anilines is 1. The molecular formula is C18H22N4O2. The van der Waals surface area contributed by atoms with Gasteiger partial charge in [-0.1, -0.05) is 18.2 Å². The van der Waals surface area contributed by atoms with Crippen molar-refractivity contribution in [3.05, 3.63) is 53.3 Å². The molecule has 1 aromatic heterocycles. The van der Waals surface area contributed by atoms with E-state index < -0.39 is 5.91 Å². The molecule has 6 heteroatoms. The SMILES string of the molecule is CN(Cc1ccccc1N1CCCC1)C(=O)c1cc(C(N)=O)c[nH]1. The molecule has 2 amide bonds. The van der Waals surface area contributed by atoms with E-state index in [2.05, 4.69) is 22.0 Å². The van der Waals surface area contributed by atoms with Crippen LogP contribution in [0.25, 0.3) is 0 Å². The molecule has 24 heavy (non-hydrogen) atoms. The van der Waals surface area contributed by atoms with Gasteiger partial charge in [-0.3, -0.25) is 9.59 Å². The maximum atomic E-state index is 12.5. The van der Waals surface area contributed by atoms with Crippen molar-refractivity contribution in [1.82, 2.24) is 9.88 Å². The molecule has 3 N–H and O–H groups in total. The van der Waals surface area contributed by atoms with Crippen LogP contribution in [0.15, 0.2) is 36.5 Å². The Morgan fingerprint density at radius 1 is 1.25 bits per heavy atom. The maximum absolute atomic E-state index is 12.5. The molecule has 0 unspecified atom stereocenters. The molecule has 3 rings (SSSR count). The number of aromatic amines is 1. The van der Waals surface area contributed by atoms with Gasteiger partial charge in [-0.2, -0.15) is 0 Å². The second-order valence-electron chi connectivity index (χ2n) is 6.15. The minimum absolute atomic E-state index is 0.168. The molecule has 0 saturated carbocycles. The number of amides is 2. The van der Waals surface area contributed by atoms with Crippen molar-refractivity contribution in [1.29, 1.82) is 0 Å². The van der Waals surface area contributed by atoms with Crippen molar-refractivity contribution in [3.8, 4) is 0 Å². The van der Waals surface area contributed by atoms with Gasteiger partial charge in [-0.25, -0.2) is 0 Å². The molecular weight excluding hydrogens is 304 g/mol. The zero-order valence-electron chi connectivity index (χ0n) is 13.8. The molecule has 6 nitrogen and oxygen atoms in total. The van der Waals surface area contributed by atoms with E-state index in [0.717, 1.165) is 18.7 Å². The number of H-pyrrole nitrogens is 1. The maximum Gasteiger partial charge on any atom is 0.270 e. The fraction of sp³-hybridized carbons (Fsp3) is 0.333. The van der Waals surface area contributed by atoms with Gasteiger partial charge in [-0.05, 0) is 30.5 Å². The number of primary amides is 1. The first-order chi connectivity index (χ1) is 11.6. The summed E-state index contributed by atoms with van der Waals surface area (Å²) >= 11 is 0. The highest BCUT2D eigenvalue weighted by Gasteiger charge is 2.19. The number of nitrogens with two attached hydrogens (primary N) is 1. The van der Waals surface area contributed by atoms with Gasteiger partial charge >= 0.3 is 0 Å². The lowest BCUT2D eigenvalue weighted by Crippen LogP contribution is -2.28. The lowest BCUT2D eigenvalue weighted by molar-refractivity contribution is 0.0780. The highest BCUT2D eigenvalue weighted by molar-refractivity contribution is 5.98. The fourth-order valence-corrected chi connectivity index (χ4v) is 3.10. The molecule has 2 heterocycles. The van der Waals surface area contributed by atoms with E-state index in [1.165, 1.54) is 30.8 Å². The topological polar surface area (TPSA) is 82.4 Å². The molecule has 0 spiro atoms. The van der Waals surface area contributed by atoms with E-state index in [1.807, 2.05) is 12.1 Å². The van der Waals surface area contributed by atoms with Crippen molar-refractivity contribution >= 4 is 17.5 Å². The quantitative estimate of drug-likeness (QED) is 0.881. The first-order valence-electron chi connectivity index (χ1n) is 8.13. The molecule has 1 fully saturated rings. The zero-order valence-corrected chi connectivity index (χ0v) is 13.8. The summed E-state index contributed by atoms with van der Waals surface area (Å²) in [5.41, 5.74) is 8.22. The Labute approximate surface area is 141 Å². The molecule has 2 aromatic rings. The molecule has 1 aromatic carbocycles. The summed E-state index contributed by atoms with van der Waals surface area (Å²) in [7, 11) is 1.76. The van der Waals surface area contributed by atoms with E-state index in [0.29, 0.717) is 17.8 Å². The van der Waals surface area contributed by atoms with Crippen LogP contribution < -0.4 is 10.6 Å². The predicted molar refractivity (Wildman–Crippen MR) is 93.0 cm³/mol. The summed E-state index contributed by atoms with van der Waals surface area (Å²) in [6, 6.07) is 9.68. The van der Waals surface area contributed by atoms with E-state index in [9.17, 15) is 9.59 Å². The summed E-state index contributed by atoms with van der Waals surface area (Å²) < 4.78 is 0. The standard InChI is InChI=1S/C18H22N4O2/c1-21(18(24)15-10-14(11-20-15)17(19)23)12-13-6-2-3-7-16(13)22-8-4-5-9-22/h2-3,6-7,10-11,20H,4-5,8-9,12H2,1H3,(H2,19,23). The average Bonchev–Trinajstić information content (AvgIpc) is 3.26. The van der Waals surface area contributed by atoms with Crippen LogP contribution >= 0.6 is 0 Å². The Bertz CT molecular complexity index is 747. The predicted octanol–water partition coefficient (Wildman–Crippen LogP) is 1.99. The number of para-hydroxylation sites is 1. The first kappa shape index (κ1) is 16.1. The first-order valence-corrected chi connectivity index (χ1v) is 8.13. The van der Waals surface area contributed by atoms with Crippen LogP contribution in [-0.4, -0.2) is 41.8 Å². The minimum Gasteiger partial charge on any atom is -0.371 e. The summed E-state index contributed by atoms with van der Waals surface area (Å²) in [5.74, 6) is -0.717. The van der Waals surface area contributed by atoms with Gasteiger partial charge in [-0.15, -0.1) is 0 Å². The number of nitrogens with zero attached hydrogens (tertiary/aromatic N) is 2. The molecule has 0 radical (unpaired) electrons. The molecule has 126 valence electrons. The highest BCUT2D eigenvalue weighted by Crippen LogP contribution is 2.25. The van der Waals surface area contributed by atoms with Crippen LogP contribution in [0.4, 0.5) is 5.69 Å². The zero-order chi connectivity index (χ0) is 17.1. The Kier molecular flexibility index (Phi) is 4.55. The van der Waals surface area contributed by atoms with E-state index in [-0.39, 0.29) is 5.91 Å². The number of carbonyl (C=O) groups excluding carboxylic acids is 2. The number of hydrogen-bond donors (Lipinski definition) is 2. The smallest absolute Gasteiger partial charge is 0.270 e. The Morgan fingerprint density at radius 2 is 1.96 bits per heavy atom. The Balaban J connectivity index is 1.75. The van der Waals surface area contributed by atoms with Gasteiger partial charge < -0.3 is 20.5 Å². The van der Waals surface area contributed by atoms with Crippen molar-refractivity contribution in [3.63, 3.8) is 0 Å². The van der Waals surface area contributed by atoms with E-state index in [4.69, 9.17) is 5.73 Å². The lowest BCUT2D eigenvalue weighted by atomic mass is 10.1. The summed E-state index contributed by atoms with van der Waals surface area (Å²) in [6.45, 7) is 2.64. The summed E-state index contributed by atoms with van der Waals surface area (Å²) in [5, 5.41) is 0. The van der Waals surface area contributed by atoms with Crippen LogP contribution in [0, 0.1) is 0 Å². The number of carbonyl (C=O) groups is 2. The van der Waals surface area contributed by atoms with Crippen LogP contribution in [0.5, 0.6) is 0 Å². The van der Waals surface area contributed by atoms with Gasteiger partial charge in [0, 0.05) is 38.6 Å². The largest absolute Gasteiger partial charge is 0.371 e. The molecule has 1 saturated heterocycles. The number of benzene rings is 1. The number of nitrogens with one attached hydrogen (secondary N) is 1. The highest BCUT2D eigenvalue weighted by atomic mass is 16.2. The second kappa shape index (κ2) is 6.78. The van der Waals surface area contributed by atoms with Gasteiger partial charge in [0.1, 0.15) is 5.69 Å². The summed E-state index contributed by atoms with van der Waals surface area (Å²) in [6.07, 6.45) is 3.88. The normalized spacial score (nSPS) is 14.0. The molecule has 1 aliphatic heterocycles. The molecule has 1 aliphatic rings. The van der Waals surface area contributed by atoms with Crippen LogP contribution in [0.2, 0.25) is 0 Å². The van der Waals surface area contributed by atoms with Gasteiger partial charge in [0.2, 0.25) is 5.91 Å². The molecule has 0 atom stereocenters. The van der Waals surface area contributed by atoms with E-state index in [1.54, 1.807) is 11.9 Å². The summed E-state index contributed by atoms with van der Waals surface area (Å²) in [4.78, 5) is 30.5. The fourth-order valence-electron chi connectivity index (χ4n) is 3.10. The minimum atomic E-state index is -0.549. The molecule has 0 bridgehead atoms. The van der Waals surface area contributed by atoms with Crippen LogP contribution in [0.3, 0.4) is 0 Å². The van der Waals surface area contributed by atoms with Gasteiger partial charge in [0.05, 0.1) is 5.56 Å². The second-order valence-corrected chi connectivity index (χ2v) is 6.15. The van der Waals surface area contributed by atoms with Crippen molar-refractivity contribution in [2.75, 3.05) is 25.0 Å². The lowest BCUT2D eigenvalue weighted by Gasteiger charge is -2.24. The van der Waals surface area contributed by atoms with Crippen LogP contribution in [0.1, 0.15) is 39.3 Å². The number of aromatic nitrogens is 1. The average molecular weight is 326 g/mol. The number of hydrogen-bond acceptors (Lipinski definition) is 3. The third-order valence-electron chi connectivity index (χ3n) is 4.39. The van der Waals surface area contributed by atoms with Crippen molar-refractivity contribution < 1.29 is 9.59 Å². The Morgan fingerprint density at radius 3 is 2.62 bits per heavy atom. The van der Waals surface area contributed by atoms with E-state index >= 15 is 0 Å². The van der Waals surface area contributed by atoms with Gasteiger partial charge in [0.15, 0.2) is 0 Å². The monoisotopic (exact) mass is 326 g/mol. The third-order valence-corrected chi connectivity index (χ3v) is 4.39. The number of rotatable bonds is 5. The van der Waals surface area contributed by atoms with Crippen LogP contribution in [-0.2, 0) is 6.54 Å². The van der Waals surface area contributed by atoms with Gasteiger partial charge in [0.25, 0.3) is 5.91 Å². The molecule has 0 aliphatic carbocycles. The van der Waals surface area contributed by atoms with Crippen molar-refractivity contribution in [2.45, 2.75) is 19.4 Å².